The van der Waals surface area contributed by atoms with Gasteiger partial charge >= 0.3 is 0 Å². The summed E-state index contributed by atoms with van der Waals surface area (Å²) >= 11 is 0. The van der Waals surface area contributed by atoms with E-state index in [1.54, 1.807) is 0 Å². The molecule has 116 valence electrons. The molecule has 2 unspecified atom stereocenters. The van der Waals surface area contributed by atoms with Gasteiger partial charge in [-0.25, -0.2) is 0 Å². The monoisotopic (exact) mass is 288 g/mol. The lowest BCUT2D eigenvalue weighted by atomic mass is 9.91. The summed E-state index contributed by atoms with van der Waals surface area (Å²) in [4.78, 5) is 12.4. The van der Waals surface area contributed by atoms with Gasteiger partial charge in [-0.3, -0.25) is 4.79 Å². The van der Waals surface area contributed by atoms with Gasteiger partial charge in [-0.15, -0.1) is 0 Å². The van der Waals surface area contributed by atoms with Gasteiger partial charge in [0.15, 0.2) is 0 Å². The summed E-state index contributed by atoms with van der Waals surface area (Å²) in [5, 5.41) is 6.55. The Balaban J connectivity index is 2.04. The van der Waals surface area contributed by atoms with Gasteiger partial charge in [0.05, 0.1) is 12.1 Å². The molecule has 1 saturated carbocycles. The van der Waals surface area contributed by atoms with Crippen LogP contribution in [0.3, 0.4) is 0 Å². The Morgan fingerprint density at radius 1 is 1.24 bits per heavy atom. The van der Waals surface area contributed by atoms with E-state index in [0.717, 1.165) is 13.0 Å². The van der Waals surface area contributed by atoms with E-state index in [1.807, 2.05) is 13.0 Å². The molecule has 2 rings (SSSR count). The number of benzene rings is 1. The van der Waals surface area contributed by atoms with Crippen molar-refractivity contribution in [1.82, 2.24) is 10.6 Å². The zero-order valence-electron chi connectivity index (χ0n) is 13.3. The Hall–Kier alpha value is -1.35. The predicted molar refractivity (Wildman–Crippen MR) is 87.0 cm³/mol. The summed E-state index contributed by atoms with van der Waals surface area (Å²) < 4.78 is 0. The molecule has 0 saturated heterocycles. The number of rotatable bonds is 7. The maximum atomic E-state index is 12.4. The van der Waals surface area contributed by atoms with E-state index in [1.165, 1.54) is 31.2 Å². The molecule has 21 heavy (non-hydrogen) atoms. The fourth-order valence-electron chi connectivity index (χ4n) is 3.16. The van der Waals surface area contributed by atoms with E-state index in [4.69, 9.17) is 0 Å². The molecule has 1 aromatic rings. The van der Waals surface area contributed by atoms with Crippen molar-refractivity contribution in [2.24, 2.45) is 5.92 Å². The van der Waals surface area contributed by atoms with Crippen LogP contribution in [-0.2, 0) is 4.79 Å². The molecule has 3 nitrogen and oxygen atoms in total. The molecule has 0 aliphatic heterocycles. The average Bonchev–Trinajstić information content (AvgIpc) is 3.04. The van der Waals surface area contributed by atoms with Crippen LogP contribution in [-0.4, -0.2) is 18.5 Å². The second-order valence-electron chi connectivity index (χ2n) is 6.12. The summed E-state index contributed by atoms with van der Waals surface area (Å²) in [6, 6.07) is 10.4. The van der Waals surface area contributed by atoms with E-state index < -0.39 is 0 Å². The summed E-state index contributed by atoms with van der Waals surface area (Å²) in [5.74, 6) is 0.693. The van der Waals surface area contributed by atoms with Crippen LogP contribution in [0.15, 0.2) is 30.3 Å². The standard InChI is InChI=1S/C18H28N2O/c1-3-13-19-14(2)18(21)20-17(16-11-7-8-12-16)15-9-5-4-6-10-15/h4-6,9-10,14,16-17,19H,3,7-8,11-13H2,1-2H3,(H,20,21). The third kappa shape index (κ3) is 4.57. The molecular weight excluding hydrogens is 260 g/mol. The topological polar surface area (TPSA) is 41.1 Å². The molecular formula is C18H28N2O. The maximum absolute atomic E-state index is 12.4. The zero-order chi connectivity index (χ0) is 15.1. The fraction of sp³-hybridized carbons (Fsp3) is 0.611. The zero-order valence-corrected chi connectivity index (χ0v) is 13.3. The molecule has 0 aromatic heterocycles. The maximum Gasteiger partial charge on any atom is 0.237 e. The van der Waals surface area contributed by atoms with Crippen LogP contribution in [0.4, 0.5) is 0 Å². The molecule has 0 bridgehead atoms. The molecule has 1 aromatic carbocycles. The SMILES string of the molecule is CCCNC(C)C(=O)NC(c1ccccc1)C1CCCC1. The van der Waals surface area contributed by atoms with Gasteiger partial charge in [0.1, 0.15) is 0 Å². The second kappa shape index (κ2) is 8.18. The number of carbonyl (C=O) groups excluding carboxylic acids is 1. The molecule has 1 amide bonds. The number of amides is 1. The highest BCUT2D eigenvalue weighted by atomic mass is 16.2. The minimum absolute atomic E-state index is 0.115. The van der Waals surface area contributed by atoms with Crippen LogP contribution in [0, 0.1) is 5.92 Å². The summed E-state index contributed by atoms with van der Waals surface area (Å²) in [7, 11) is 0. The first kappa shape index (κ1) is 16.0. The Morgan fingerprint density at radius 2 is 1.90 bits per heavy atom. The third-order valence-corrected chi connectivity index (χ3v) is 4.42. The smallest absolute Gasteiger partial charge is 0.237 e. The van der Waals surface area contributed by atoms with Gasteiger partial charge < -0.3 is 10.6 Å². The molecule has 0 spiro atoms. The van der Waals surface area contributed by atoms with Crippen LogP contribution in [0.25, 0.3) is 0 Å². The van der Waals surface area contributed by atoms with Crippen LogP contribution in [0.1, 0.15) is 57.6 Å². The van der Waals surface area contributed by atoms with Crippen molar-refractivity contribution in [2.45, 2.75) is 58.0 Å². The lowest BCUT2D eigenvalue weighted by Gasteiger charge is -2.27. The van der Waals surface area contributed by atoms with Crippen LogP contribution >= 0.6 is 0 Å². The molecule has 1 aliphatic carbocycles. The molecule has 1 fully saturated rings. The minimum atomic E-state index is -0.127. The van der Waals surface area contributed by atoms with Gasteiger partial charge in [0, 0.05) is 0 Å². The number of hydrogen-bond acceptors (Lipinski definition) is 2. The van der Waals surface area contributed by atoms with Gasteiger partial charge in [0.25, 0.3) is 0 Å². The molecule has 2 atom stereocenters. The van der Waals surface area contributed by atoms with E-state index in [-0.39, 0.29) is 18.0 Å². The number of carbonyl (C=O) groups is 1. The molecule has 0 radical (unpaired) electrons. The van der Waals surface area contributed by atoms with Gasteiger partial charge in [-0.05, 0) is 44.2 Å². The van der Waals surface area contributed by atoms with Gasteiger partial charge in [-0.1, -0.05) is 50.1 Å². The normalized spacial score (nSPS) is 18.4. The summed E-state index contributed by atoms with van der Waals surface area (Å²) in [5.41, 5.74) is 1.24. The van der Waals surface area contributed by atoms with Crippen molar-refractivity contribution in [2.75, 3.05) is 6.54 Å². The van der Waals surface area contributed by atoms with E-state index >= 15 is 0 Å². The molecule has 3 heteroatoms. The summed E-state index contributed by atoms with van der Waals surface area (Å²) in [6.45, 7) is 4.94. The second-order valence-corrected chi connectivity index (χ2v) is 6.12. The van der Waals surface area contributed by atoms with Crippen molar-refractivity contribution in [3.8, 4) is 0 Å². The highest BCUT2D eigenvalue weighted by Gasteiger charge is 2.28. The van der Waals surface area contributed by atoms with Crippen molar-refractivity contribution < 1.29 is 4.79 Å². The van der Waals surface area contributed by atoms with Crippen molar-refractivity contribution in [3.63, 3.8) is 0 Å². The Morgan fingerprint density at radius 3 is 2.52 bits per heavy atom. The Kier molecular flexibility index (Phi) is 6.24. The Bertz CT molecular complexity index is 426. The lowest BCUT2D eigenvalue weighted by molar-refractivity contribution is -0.123. The number of nitrogens with one attached hydrogen (secondary N) is 2. The quantitative estimate of drug-likeness (QED) is 0.807. The van der Waals surface area contributed by atoms with E-state index in [2.05, 4.69) is 41.8 Å². The van der Waals surface area contributed by atoms with Crippen LogP contribution in [0.5, 0.6) is 0 Å². The minimum Gasteiger partial charge on any atom is -0.348 e. The first-order valence-corrected chi connectivity index (χ1v) is 8.31. The third-order valence-electron chi connectivity index (χ3n) is 4.42. The fourth-order valence-corrected chi connectivity index (χ4v) is 3.16. The van der Waals surface area contributed by atoms with Crippen molar-refractivity contribution in [1.29, 1.82) is 0 Å². The van der Waals surface area contributed by atoms with Crippen LogP contribution in [0.2, 0.25) is 0 Å². The lowest BCUT2D eigenvalue weighted by Crippen LogP contribution is -2.45. The van der Waals surface area contributed by atoms with Crippen LogP contribution < -0.4 is 10.6 Å². The summed E-state index contributed by atoms with van der Waals surface area (Å²) in [6.07, 6.45) is 6.05. The molecule has 0 heterocycles. The average molecular weight is 288 g/mol. The highest BCUT2D eigenvalue weighted by Crippen LogP contribution is 2.35. The van der Waals surface area contributed by atoms with E-state index in [0.29, 0.717) is 5.92 Å². The van der Waals surface area contributed by atoms with Crippen molar-refractivity contribution in [3.05, 3.63) is 35.9 Å². The number of hydrogen-bond donors (Lipinski definition) is 2. The van der Waals surface area contributed by atoms with E-state index in [9.17, 15) is 4.79 Å². The highest BCUT2D eigenvalue weighted by molar-refractivity contribution is 5.81. The van der Waals surface area contributed by atoms with Crippen molar-refractivity contribution >= 4 is 5.91 Å². The Labute approximate surface area is 128 Å². The first-order chi connectivity index (χ1) is 10.2. The largest absolute Gasteiger partial charge is 0.348 e. The first-order valence-electron chi connectivity index (χ1n) is 8.31. The predicted octanol–water partition coefficient (Wildman–Crippen LogP) is 3.42. The van der Waals surface area contributed by atoms with Gasteiger partial charge in [-0.2, -0.15) is 0 Å². The molecule has 2 N–H and O–H groups in total. The van der Waals surface area contributed by atoms with Gasteiger partial charge in [0.2, 0.25) is 5.91 Å². The molecule has 1 aliphatic rings.